The Bertz CT molecular complexity index is 830. The second kappa shape index (κ2) is 6.65. The van der Waals surface area contributed by atoms with Crippen molar-refractivity contribution < 1.29 is 9.90 Å². The number of nitrogens with one attached hydrogen (secondary N) is 2. The number of nitrogens with zero attached hydrogens (tertiary/aromatic N) is 3. The smallest absolute Gasteiger partial charge is 0.353 e. The number of pyridine rings is 1. The van der Waals surface area contributed by atoms with Crippen molar-refractivity contribution in [1.29, 1.82) is 0 Å². The lowest BCUT2D eigenvalue weighted by Crippen LogP contribution is -2.58. The lowest BCUT2D eigenvalue weighted by atomic mass is 10.1. The molecule has 124 valence electrons. The zero-order valence-electron chi connectivity index (χ0n) is 13.1. The van der Waals surface area contributed by atoms with Crippen molar-refractivity contribution >= 4 is 22.7 Å². The number of hydrogen-bond acceptors (Lipinski definition) is 6. The minimum absolute atomic E-state index is 0.0227. The van der Waals surface area contributed by atoms with Gasteiger partial charge >= 0.3 is 5.97 Å². The summed E-state index contributed by atoms with van der Waals surface area (Å²) in [6.45, 7) is 0.395. The highest BCUT2D eigenvalue weighted by Gasteiger charge is 2.25. The molecule has 0 bridgehead atoms. The van der Waals surface area contributed by atoms with E-state index in [1.54, 1.807) is 13.2 Å². The molecular weight excluding hydrogens is 308 g/mol. The zero-order valence-corrected chi connectivity index (χ0v) is 13.1. The van der Waals surface area contributed by atoms with E-state index in [0.717, 1.165) is 16.5 Å². The molecule has 2 heterocycles. The van der Waals surface area contributed by atoms with Gasteiger partial charge in [0.15, 0.2) is 6.17 Å². The highest BCUT2D eigenvalue weighted by atomic mass is 16.4. The van der Waals surface area contributed by atoms with E-state index in [2.05, 4.69) is 20.6 Å². The quantitative estimate of drug-likeness (QED) is 0.474. The van der Waals surface area contributed by atoms with Gasteiger partial charge in [-0.3, -0.25) is 15.8 Å². The van der Waals surface area contributed by atoms with Gasteiger partial charge < -0.3 is 15.7 Å². The fraction of sp³-hybridized carbons (Fsp3) is 0.188. The number of benzene rings is 1. The topological polar surface area (TPSA) is 116 Å². The van der Waals surface area contributed by atoms with Gasteiger partial charge in [-0.05, 0) is 23.8 Å². The average molecular weight is 326 g/mol. The first kappa shape index (κ1) is 15.9. The van der Waals surface area contributed by atoms with Crippen LogP contribution in [0, 0.1) is 0 Å². The highest BCUT2D eigenvalue weighted by Crippen LogP contribution is 2.14. The van der Waals surface area contributed by atoms with Gasteiger partial charge in [0.2, 0.25) is 0 Å². The molecule has 0 saturated heterocycles. The maximum Gasteiger partial charge on any atom is 0.353 e. The van der Waals surface area contributed by atoms with E-state index in [4.69, 9.17) is 10.9 Å². The number of nitrogens with two attached hydrogens (primary N) is 1. The summed E-state index contributed by atoms with van der Waals surface area (Å²) in [4.78, 5) is 19.9. The molecule has 8 nitrogen and oxygen atoms in total. The van der Waals surface area contributed by atoms with Crippen molar-refractivity contribution in [2.75, 3.05) is 7.05 Å². The molecule has 1 unspecified atom stereocenters. The Labute approximate surface area is 138 Å². The van der Waals surface area contributed by atoms with E-state index in [-0.39, 0.29) is 5.70 Å². The second-order valence-electron chi connectivity index (χ2n) is 5.45. The Morgan fingerprint density at radius 2 is 2.29 bits per heavy atom. The lowest BCUT2D eigenvalue weighted by Gasteiger charge is -2.30. The van der Waals surface area contributed by atoms with E-state index in [0.29, 0.717) is 12.4 Å². The molecule has 0 radical (unpaired) electrons. The van der Waals surface area contributed by atoms with Crippen LogP contribution in [0.2, 0.25) is 0 Å². The normalized spacial score (nSPS) is 19.0. The molecule has 1 aromatic carbocycles. The van der Waals surface area contributed by atoms with Crippen LogP contribution in [0.25, 0.3) is 10.9 Å². The molecule has 0 amide bonds. The molecule has 0 spiro atoms. The predicted octanol–water partition coefficient (Wildman–Crippen LogP) is 0.384. The van der Waals surface area contributed by atoms with Gasteiger partial charge in [0, 0.05) is 24.8 Å². The van der Waals surface area contributed by atoms with Gasteiger partial charge in [-0.15, -0.1) is 0 Å². The number of fused-ring (bicyclic) bond motifs is 1. The number of hydrazine groups is 1. The van der Waals surface area contributed by atoms with Crippen molar-refractivity contribution in [3.05, 3.63) is 54.0 Å². The van der Waals surface area contributed by atoms with Crippen LogP contribution in [-0.4, -0.2) is 40.1 Å². The van der Waals surface area contributed by atoms with Crippen molar-refractivity contribution in [3.8, 4) is 0 Å². The van der Waals surface area contributed by atoms with Gasteiger partial charge in [-0.25, -0.2) is 9.80 Å². The van der Waals surface area contributed by atoms with Crippen molar-refractivity contribution in [2.45, 2.75) is 12.7 Å². The minimum Gasteiger partial charge on any atom is -0.477 e. The fourth-order valence-electron chi connectivity index (χ4n) is 2.44. The van der Waals surface area contributed by atoms with E-state index in [1.807, 2.05) is 30.3 Å². The zero-order chi connectivity index (χ0) is 17.1. The van der Waals surface area contributed by atoms with Crippen molar-refractivity contribution in [3.63, 3.8) is 0 Å². The summed E-state index contributed by atoms with van der Waals surface area (Å²) in [6.07, 6.45) is 2.70. The Kier molecular flexibility index (Phi) is 4.41. The first-order valence-electron chi connectivity index (χ1n) is 7.36. The van der Waals surface area contributed by atoms with Crippen LogP contribution in [-0.2, 0) is 11.3 Å². The highest BCUT2D eigenvalue weighted by molar-refractivity contribution is 5.98. The number of aromatic nitrogens is 1. The Morgan fingerprint density at radius 3 is 3.04 bits per heavy atom. The van der Waals surface area contributed by atoms with Crippen LogP contribution >= 0.6 is 0 Å². The van der Waals surface area contributed by atoms with Crippen LogP contribution in [0.1, 0.15) is 5.56 Å². The van der Waals surface area contributed by atoms with Crippen LogP contribution in [0.15, 0.2) is 53.4 Å². The Hall–Kier alpha value is -2.97. The second-order valence-corrected chi connectivity index (χ2v) is 5.45. The molecule has 0 aliphatic carbocycles. The first-order chi connectivity index (χ1) is 11.5. The van der Waals surface area contributed by atoms with Gasteiger partial charge in [-0.2, -0.15) is 0 Å². The summed E-state index contributed by atoms with van der Waals surface area (Å²) in [5.41, 5.74) is 1.94. The summed E-state index contributed by atoms with van der Waals surface area (Å²) >= 11 is 0. The minimum atomic E-state index is -1.06. The summed E-state index contributed by atoms with van der Waals surface area (Å²) in [5, 5.41) is 17.3. The SMILES string of the molecule is CN(N)C1NC=C(C(=O)O)NC1=NCc1ccc2ncccc2c1. The molecule has 1 aromatic heterocycles. The van der Waals surface area contributed by atoms with E-state index < -0.39 is 12.1 Å². The molecule has 1 aliphatic heterocycles. The number of amidine groups is 1. The van der Waals surface area contributed by atoms with Gasteiger partial charge in [0.25, 0.3) is 0 Å². The largest absolute Gasteiger partial charge is 0.477 e. The van der Waals surface area contributed by atoms with E-state index in [9.17, 15) is 4.79 Å². The summed E-state index contributed by atoms with van der Waals surface area (Å²) in [5.74, 6) is 5.17. The third-order valence-corrected chi connectivity index (χ3v) is 3.64. The van der Waals surface area contributed by atoms with Crippen LogP contribution in [0.3, 0.4) is 0 Å². The molecule has 0 fully saturated rings. The standard InChI is InChI=1S/C16H18N6O2/c1-22(17)15-14(21-13(9-20-15)16(23)24)19-8-10-4-5-12-11(7-10)3-2-6-18-12/h2-7,9,15,20H,8,17H2,1H3,(H,19,21)(H,23,24). The number of carboxylic acid groups (broad SMARTS) is 1. The molecule has 1 aliphatic rings. The first-order valence-corrected chi connectivity index (χ1v) is 7.36. The number of carboxylic acids is 1. The summed E-state index contributed by atoms with van der Waals surface area (Å²) < 4.78 is 0. The lowest BCUT2D eigenvalue weighted by molar-refractivity contribution is -0.133. The molecule has 3 rings (SSSR count). The summed E-state index contributed by atoms with van der Waals surface area (Å²) in [6, 6.07) is 9.77. The maximum absolute atomic E-state index is 11.1. The third-order valence-electron chi connectivity index (χ3n) is 3.64. The number of hydrogen-bond donors (Lipinski definition) is 4. The number of carbonyl (C=O) groups is 1. The van der Waals surface area contributed by atoms with Gasteiger partial charge in [0.1, 0.15) is 11.5 Å². The predicted molar refractivity (Wildman–Crippen MR) is 90.6 cm³/mol. The van der Waals surface area contributed by atoms with Crippen molar-refractivity contribution in [1.82, 2.24) is 20.6 Å². The van der Waals surface area contributed by atoms with Gasteiger partial charge in [0.05, 0.1) is 12.1 Å². The molecular formula is C16H18N6O2. The Morgan fingerprint density at radius 1 is 1.46 bits per heavy atom. The van der Waals surface area contributed by atoms with Crippen LogP contribution in [0.5, 0.6) is 0 Å². The van der Waals surface area contributed by atoms with Crippen LogP contribution < -0.4 is 16.5 Å². The monoisotopic (exact) mass is 326 g/mol. The molecule has 0 saturated carbocycles. The molecule has 24 heavy (non-hydrogen) atoms. The maximum atomic E-state index is 11.1. The third kappa shape index (κ3) is 3.34. The molecule has 1 atom stereocenters. The number of aliphatic carboxylic acids is 1. The van der Waals surface area contributed by atoms with E-state index >= 15 is 0 Å². The number of rotatable bonds is 4. The average Bonchev–Trinajstić information content (AvgIpc) is 2.59. The molecule has 5 N–H and O–H groups in total. The Balaban J connectivity index is 1.84. The van der Waals surface area contributed by atoms with E-state index in [1.165, 1.54) is 11.2 Å². The van der Waals surface area contributed by atoms with Crippen LogP contribution in [0.4, 0.5) is 0 Å². The fourth-order valence-corrected chi connectivity index (χ4v) is 2.44. The summed E-state index contributed by atoms with van der Waals surface area (Å²) in [7, 11) is 1.68. The van der Waals surface area contributed by atoms with Crippen molar-refractivity contribution in [2.24, 2.45) is 10.8 Å². The number of aliphatic imine (C=N–C) groups is 1. The molecule has 8 heteroatoms. The van der Waals surface area contributed by atoms with Gasteiger partial charge in [-0.1, -0.05) is 12.1 Å². The molecule has 2 aromatic rings. The number of likely N-dealkylation sites (N-methyl/N-ethyl adjacent to an activating group) is 1.